The van der Waals surface area contributed by atoms with Gasteiger partial charge in [0, 0.05) is 30.4 Å². The minimum absolute atomic E-state index is 0.309. The van der Waals surface area contributed by atoms with Crippen LogP contribution in [0.25, 0.3) is 0 Å². The summed E-state index contributed by atoms with van der Waals surface area (Å²) in [6.45, 7) is 4.64. The largest absolute Gasteiger partial charge is 0.314 e. The molecule has 0 amide bonds. The fourth-order valence-corrected chi connectivity index (χ4v) is 2.38. The quantitative estimate of drug-likeness (QED) is 0.853. The fourth-order valence-electron chi connectivity index (χ4n) is 2.18. The Balaban J connectivity index is 1.89. The number of likely N-dealkylation sites (N-methyl/N-ethyl adjacent to an activating group) is 1. The van der Waals surface area contributed by atoms with E-state index < -0.39 is 0 Å². The molecular weight excluding hydrogens is 286 g/mol. The number of aromatic nitrogens is 3. The Labute approximate surface area is 130 Å². The van der Waals surface area contributed by atoms with Crippen molar-refractivity contribution in [3.63, 3.8) is 0 Å². The van der Waals surface area contributed by atoms with Crippen molar-refractivity contribution in [2.45, 2.75) is 26.1 Å². The molecule has 0 bridgehead atoms. The monoisotopic (exact) mass is 307 g/mol. The van der Waals surface area contributed by atoms with E-state index in [1.807, 2.05) is 36.1 Å². The minimum Gasteiger partial charge on any atom is -0.314 e. The van der Waals surface area contributed by atoms with Gasteiger partial charge in [0.1, 0.15) is 0 Å². The summed E-state index contributed by atoms with van der Waals surface area (Å²) >= 11 is 6.05. The predicted octanol–water partition coefficient (Wildman–Crippen LogP) is 2.34. The number of hydrogen-bond acceptors (Lipinski definition) is 4. The average Bonchev–Trinajstić information content (AvgIpc) is 2.92. The summed E-state index contributed by atoms with van der Waals surface area (Å²) < 4.78 is 1.88. The second-order valence-electron chi connectivity index (χ2n) is 5.21. The van der Waals surface area contributed by atoms with E-state index in [9.17, 15) is 0 Å². The predicted molar refractivity (Wildman–Crippen MR) is 85.3 cm³/mol. The van der Waals surface area contributed by atoms with Gasteiger partial charge >= 0.3 is 0 Å². The molecule has 6 heteroatoms. The molecule has 1 unspecified atom stereocenters. The lowest BCUT2D eigenvalue weighted by atomic mass is 10.1. The first kappa shape index (κ1) is 15.9. The highest BCUT2D eigenvalue weighted by atomic mass is 35.5. The van der Waals surface area contributed by atoms with Crippen molar-refractivity contribution in [1.29, 1.82) is 0 Å². The summed E-state index contributed by atoms with van der Waals surface area (Å²) in [4.78, 5) is 2.28. The molecule has 1 heterocycles. The van der Waals surface area contributed by atoms with E-state index in [4.69, 9.17) is 11.6 Å². The first-order valence-corrected chi connectivity index (χ1v) is 7.47. The van der Waals surface area contributed by atoms with Crippen molar-refractivity contribution in [3.05, 3.63) is 46.7 Å². The summed E-state index contributed by atoms with van der Waals surface area (Å²) in [5.74, 6) is 0. The van der Waals surface area contributed by atoms with E-state index in [-0.39, 0.29) is 0 Å². The molecule has 5 nitrogen and oxygen atoms in total. The highest BCUT2D eigenvalue weighted by Gasteiger charge is 2.12. The molecular formula is C15H22ClN5. The average molecular weight is 308 g/mol. The van der Waals surface area contributed by atoms with Crippen LogP contribution < -0.4 is 5.32 Å². The smallest absolute Gasteiger partial charge is 0.0964 e. The van der Waals surface area contributed by atoms with Crippen LogP contribution in [0.2, 0.25) is 5.02 Å². The van der Waals surface area contributed by atoms with Gasteiger partial charge in [-0.25, -0.2) is 0 Å². The summed E-state index contributed by atoms with van der Waals surface area (Å²) in [6, 6.07) is 8.32. The Hall–Kier alpha value is -1.43. The number of benzene rings is 1. The molecule has 1 aromatic heterocycles. The number of halogens is 1. The topological polar surface area (TPSA) is 46.0 Å². The van der Waals surface area contributed by atoms with Crippen molar-refractivity contribution in [1.82, 2.24) is 25.2 Å². The Morgan fingerprint density at radius 1 is 1.43 bits per heavy atom. The van der Waals surface area contributed by atoms with E-state index in [2.05, 4.69) is 40.6 Å². The summed E-state index contributed by atoms with van der Waals surface area (Å²) in [7, 11) is 4.01. The maximum Gasteiger partial charge on any atom is 0.0964 e. The molecule has 21 heavy (non-hydrogen) atoms. The maximum absolute atomic E-state index is 6.05. The third-order valence-electron chi connectivity index (χ3n) is 3.62. The van der Waals surface area contributed by atoms with Gasteiger partial charge in [-0.1, -0.05) is 28.9 Å². The molecule has 0 aliphatic rings. The van der Waals surface area contributed by atoms with Gasteiger partial charge in [-0.05, 0) is 38.7 Å². The third-order valence-corrected chi connectivity index (χ3v) is 3.85. The van der Waals surface area contributed by atoms with Crippen LogP contribution in [0.4, 0.5) is 0 Å². The lowest BCUT2D eigenvalue weighted by Gasteiger charge is -2.25. The zero-order valence-corrected chi connectivity index (χ0v) is 13.5. The number of nitrogens with one attached hydrogen (secondary N) is 1. The highest BCUT2D eigenvalue weighted by Crippen LogP contribution is 2.21. The van der Waals surface area contributed by atoms with Crippen LogP contribution in [-0.2, 0) is 13.1 Å². The van der Waals surface area contributed by atoms with Crippen molar-refractivity contribution < 1.29 is 0 Å². The fraction of sp³-hybridized carbons (Fsp3) is 0.467. The van der Waals surface area contributed by atoms with Crippen molar-refractivity contribution in [3.8, 4) is 0 Å². The molecule has 2 rings (SSSR count). The zero-order chi connectivity index (χ0) is 15.2. The van der Waals surface area contributed by atoms with Crippen LogP contribution in [0.1, 0.15) is 24.2 Å². The molecule has 114 valence electrons. The van der Waals surface area contributed by atoms with Crippen LogP contribution in [0, 0.1) is 0 Å². The zero-order valence-electron chi connectivity index (χ0n) is 12.8. The molecule has 0 aliphatic carbocycles. The minimum atomic E-state index is 0.309. The second kappa shape index (κ2) is 7.54. The van der Waals surface area contributed by atoms with Crippen molar-refractivity contribution >= 4 is 11.6 Å². The van der Waals surface area contributed by atoms with E-state index in [1.54, 1.807) is 0 Å². The number of nitrogens with zero attached hydrogens (tertiary/aromatic N) is 4. The summed E-state index contributed by atoms with van der Waals surface area (Å²) in [6.07, 6.45) is 1.98. The number of rotatable bonds is 7. The van der Waals surface area contributed by atoms with Gasteiger partial charge in [-0.2, -0.15) is 0 Å². The Bertz CT molecular complexity index is 569. The lowest BCUT2D eigenvalue weighted by molar-refractivity contribution is 0.246. The Morgan fingerprint density at radius 2 is 2.24 bits per heavy atom. The van der Waals surface area contributed by atoms with Gasteiger partial charge in [0.25, 0.3) is 0 Å². The van der Waals surface area contributed by atoms with E-state index in [1.165, 1.54) is 5.56 Å². The van der Waals surface area contributed by atoms with Crippen molar-refractivity contribution in [2.24, 2.45) is 0 Å². The molecule has 1 aromatic carbocycles. The van der Waals surface area contributed by atoms with Crippen LogP contribution >= 0.6 is 11.6 Å². The molecule has 2 aromatic rings. The molecule has 0 aliphatic heterocycles. The van der Waals surface area contributed by atoms with E-state index >= 15 is 0 Å². The number of hydrogen-bond donors (Lipinski definition) is 1. The van der Waals surface area contributed by atoms with Gasteiger partial charge in [0.05, 0.1) is 12.2 Å². The first-order chi connectivity index (χ1) is 10.1. The summed E-state index contributed by atoms with van der Waals surface area (Å²) in [5, 5.41) is 12.1. The summed E-state index contributed by atoms with van der Waals surface area (Å²) in [5.41, 5.74) is 2.18. The van der Waals surface area contributed by atoms with Crippen LogP contribution in [0.3, 0.4) is 0 Å². The molecule has 1 N–H and O–H groups in total. The second-order valence-corrected chi connectivity index (χ2v) is 5.65. The SMILES string of the molecule is CNCc1cn(CCN(C)C(C)c2cccc(Cl)c2)nn1. The maximum atomic E-state index is 6.05. The van der Waals surface area contributed by atoms with Gasteiger partial charge in [0.15, 0.2) is 0 Å². The molecule has 0 spiro atoms. The molecule has 0 saturated carbocycles. The standard InChI is InChI=1S/C15H22ClN5/c1-12(13-5-4-6-14(16)9-13)20(3)7-8-21-11-15(10-17-2)18-19-21/h4-6,9,11-12,17H,7-8,10H2,1-3H3. The van der Waals surface area contributed by atoms with Gasteiger partial charge in [-0.3, -0.25) is 9.58 Å². The van der Waals surface area contributed by atoms with Crippen LogP contribution in [-0.4, -0.2) is 40.5 Å². The molecule has 0 saturated heterocycles. The van der Waals surface area contributed by atoms with E-state index in [0.29, 0.717) is 6.04 Å². The first-order valence-electron chi connectivity index (χ1n) is 7.09. The van der Waals surface area contributed by atoms with Gasteiger partial charge in [-0.15, -0.1) is 5.10 Å². The highest BCUT2D eigenvalue weighted by molar-refractivity contribution is 6.30. The Morgan fingerprint density at radius 3 is 2.95 bits per heavy atom. The molecule has 0 fully saturated rings. The normalized spacial score (nSPS) is 12.8. The van der Waals surface area contributed by atoms with E-state index in [0.717, 1.165) is 30.4 Å². The van der Waals surface area contributed by atoms with Gasteiger partial charge in [0.2, 0.25) is 0 Å². The molecule has 0 radical (unpaired) electrons. The van der Waals surface area contributed by atoms with Gasteiger partial charge < -0.3 is 5.32 Å². The third kappa shape index (κ3) is 4.52. The van der Waals surface area contributed by atoms with Crippen LogP contribution in [0.15, 0.2) is 30.5 Å². The molecule has 1 atom stereocenters. The van der Waals surface area contributed by atoms with Crippen molar-refractivity contribution in [2.75, 3.05) is 20.6 Å². The Kier molecular flexibility index (Phi) is 5.73. The lowest BCUT2D eigenvalue weighted by Crippen LogP contribution is -2.26. The van der Waals surface area contributed by atoms with Crippen LogP contribution in [0.5, 0.6) is 0 Å².